The zero-order chi connectivity index (χ0) is 37.6. The predicted molar refractivity (Wildman–Crippen MR) is 204 cm³/mol. The van der Waals surface area contributed by atoms with Crippen LogP contribution in [-0.4, -0.2) is 69.6 Å². The van der Waals surface area contributed by atoms with Crippen LogP contribution in [0.15, 0.2) is 0 Å². The van der Waals surface area contributed by atoms with Crippen LogP contribution >= 0.6 is 0 Å². The zero-order valence-corrected chi connectivity index (χ0v) is 34.8. The number of rotatable bonds is 23. The highest BCUT2D eigenvalue weighted by molar-refractivity contribution is 5.77. The van der Waals surface area contributed by atoms with E-state index >= 15 is 0 Å². The minimum absolute atomic E-state index is 0.0276. The monoisotopic (exact) mass is 709 g/mol. The van der Waals surface area contributed by atoms with Crippen molar-refractivity contribution < 1.29 is 28.7 Å². The second-order valence-corrected chi connectivity index (χ2v) is 18.9. The molecule has 2 aliphatic heterocycles. The summed E-state index contributed by atoms with van der Waals surface area (Å²) in [4.78, 5) is 38.6. The molecule has 8 nitrogen and oxygen atoms in total. The van der Waals surface area contributed by atoms with Gasteiger partial charge in [-0.05, 0) is 80.1 Å². The Hall–Kier alpha value is -1.22. The molecule has 2 saturated heterocycles. The van der Waals surface area contributed by atoms with Gasteiger partial charge in [0.25, 0.3) is 0 Å². The molecule has 0 saturated carbocycles. The number of esters is 2. The molecule has 0 amide bonds. The Kier molecular flexibility index (Phi) is 18.8. The number of hydrogen-bond donors (Lipinski definition) is 0. The fraction of sp³-hybridized carbons (Fsp3) is 0.952. The van der Waals surface area contributed by atoms with Gasteiger partial charge in [-0.3, -0.25) is 19.3 Å². The molecule has 0 spiro atoms. The fourth-order valence-electron chi connectivity index (χ4n) is 8.58. The molecule has 0 radical (unpaired) electrons. The quantitative estimate of drug-likeness (QED) is 0.0767. The third-order valence-electron chi connectivity index (χ3n) is 10.5. The molecule has 294 valence electrons. The van der Waals surface area contributed by atoms with Crippen molar-refractivity contribution in [3.05, 3.63) is 0 Å². The maximum atomic E-state index is 12.9. The molecule has 0 atom stereocenters. The van der Waals surface area contributed by atoms with Crippen LogP contribution in [0.5, 0.6) is 0 Å². The SMILES string of the molecule is CC(C)CCCCCCCON1C(C)(C)CC(OC(=O)CCC(=O)OC2CC(C)(C)N(OCCCCCCCC(C)C)C(C)(C)C2)CC1(C)C. The lowest BCUT2D eigenvalue weighted by molar-refractivity contribution is -0.294. The molecule has 0 unspecified atom stereocenters. The molecule has 0 N–H and O–H groups in total. The lowest BCUT2D eigenvalue weighted by atomic mass is 9.80. The summed E-state index contributed by atoms with van der Waals surface area (Å²) in [6.45, 7) is 27.9. The highest BCUT2D eigenvalue weighted by Gasteiger charge is 2.49. The van der Waals surface area contributed by atoms with E-state index in [9.17, 15) is 9.59 Å². The van der Waals surface area contributed by atoms with Crippen LogP contribution in [0, 0.1) is 11.8 Å². The van der Waals surface area contributed by atoms with E-state index in [4.69, 9.17) is 19.1 Å². The first-order valence-corrected chi connectivity index (χ1v) is 20.5. The third kappa shape index (κ3) is 16.2. The minimum atomic E-state index is -0.339. The molecular weight excluding hydrogens is 628 g/mol. The lowest BCUT2D eigenvalue weighted by Gasteiger charge is -2.53. The molecule has 2 heterocycles. The second-order valence-electron chi connectivity index (χ2n) is 18.9. The summed E-state index contributed by atoms with van der Waals surface area (Å²) in [5.41, 5.74) is -1.13. The number of carbonyl (C=O) groups excluding carboxylic acids is 2. The Morgan fingerprint density at radius 3 is 1.08 bits per heavy atom. The minimum Gasteiger partial charge on any atom is -0.462 e. The fourth-order valence-corrected chi connectivity index (χ4v) is 8.58. The molecule has 2 aliphatic rings. The first-order chi connectivity index (χ1) is 23.2. The van der Waals surface area contributed by atoms with Gasteiger partial charge in [0, 0.05) is 47.8 Å². The highest BCUT2D eigenvalue weighted by atomic mass is 16.7. The van der Waals surface area contributed by atoms with Gasteiger partial charge in [-0.25, -0.2) is 0 Å². The van der Waals surface area contributed by atoms with Gasteiger partial charge in [-0.15, -0.1) is 0 Å². The van der Waals surface area contributed by atoms with E-state index in [2.05, 4.69) is 93.2 Å². The van der Waals surface area contributed by atoms with Crippen molar-refractivity contribution in [1.29, 1.82) is 0 Å². The number of nitrogens with zero attached hydrogens (tertiary/aromatic N) is 2. The van der Waals surface area contributed by atoms with Crippen LogP contribution in [0.2, 0.25) is 0 Å². The molecular formula is C42H80N2O6. The average molecular weight is 709 g/mol. The van der Waals surface area contributed by atoms with E-state index < -0.39 is 0 Å². The van der Waals surface area contributed by atoms with E-state index in [0.717, 1.165) is 24.7 Å². The van der Waals surface area contributed by atoms with Crippen LogP contribution < -0.4 is 0 Å². The Morgan fingerprint density at radius 1 is 0.500 bits per heavy atom. The predicted octanol–water partition coefficient (Wildman–Crippen LogP) is 10.8. The Morgan fingerprint density at radius 2 is 0.780 bits per heavy atom. The van der Waals surface area contributed by atoms with Crippen molar-refractivity contribution in [2.24, 2.45) is 11.8 Å². The number of hydroxylamine groups is 4. The summed E-state index contributed by atoms with van der Waals surface area (Å²) in [5, 5.41) is 4.27. The molecule has 0 aromatic rings. The lowest BCUT2D eigenvalue weighted by Crippen LogP contribution is -2.62. The van der Waals surface area contributed by atoms with Gasteiger partial charge in [0.15, 0.2) is 0 Å². The van der Waals surface area contributed by atoms with Gasteiger partial charge in [0.05, 0.1) is 26.1 Å². The van der Waals surface area contributed by atoms with Crippen LogP contribution in [0.1, 0.15) is 199 Å². The van der Waals surface area contributed by atoms with Gasteiger partial charge in [0.1, 0.15) is 12.2 Å². The number of hydrogen-bond acceptors (Lipinski definition) is 8. The van der Waals surface area contributed by atoms with Crippen molar-refractivity contribution in [2.75, 3.05) is 13.2 Å². The summed E-state index contributed by atoms with van der Waals surface area (Å²) < 4.78 is 11.9. The molecule has 8 heteroatoms. The molecule has 0 aliphatic carbocycles. The van der Waals surface area contributed by atoms with Crippen molar-refractivity contribution in [2.45, 2.75) is 233 Å². The second kappa shape index (κ2) is 20.9. The largest absolute Gasteiger partial charge is 0.462 e. The van der Waals surface area contributed by atoms with Crippen molar-refractivity contribution >= 4 is 11.9 Å². The first kappa shape index (κ1) is 44.9. The van der Waals surface area contributed by atoms with E-state index in [0.29, 0.717) is 38.9 Å². The van der Waals surface area contributed by atoms with Crippen molar-refractivity contribution in [1.82, 2.24) is 10.1 Å². The molecule has 2 rings (SSSR count). The molecule has 0 aromatic carbocycles. The van der Waals surface area contributed by atoms with Crippen LogP contribution in [-0.2, 0) is 28.7 Å². The molecule has 50 heavy (non-hydrogen) atoms. The maximum absolute atomic E-state index is 12.9. The van der Waals surface area contributed by atoms with Crippen molar-refractivity contribution in [3.63, 3.8) is 0 Å². The smallest absolute Gasteiger partial charge is 0.306 e. The van der Waals surface area contributed by atoms with Gasteiger partial charge in [-0.1, -0.05) is 91.9 Å². The van der Waals surface area contributed by atoms with Crippen LogP contribution in [0.4, 0.5) is 0 Å². The van der Waals surface area contributed by atoms with E-state index in [1.54, 1.807) is 0 Å². The number of unbranched alkanes of at least 4 members (excludes halogenated alkanes) is 8. The molecule has 2 fully saturated rings. The standard InChI is InChI=1S/C42H80N2O6/c1-33(2)23-19-15-13-17-21-27-47-43-39(5,6)29-35(30-40(43,7)8)49-37(45)25-26-38(46)50-36-31-41(9,10)44(42(11,12)32-36)48-28-22-18-14-16-20-24-34(3)4/h33-36H,13-32H2,1-12H3. The molecule has 0 bridgehead atoms. The van der Waals surface area contributed by atoms with E-state index in [1.165, 1.54) is 64.2 Å². The summed E-state index contributed by atoms with van der Waals surface area (Å²) >= 11 is 0. The summed E-state index contributed by atoms with van der Waals surface area (Å²) in [7, 11) is 0. The maximum Gasteiger partial charge on any atom is 0.306 e. The average Bonchev–Trinajstić information content (AvgIpc) is 2.95. The number of ether oxygens (including phenoxy) is 2. The third-order valence-corrected chi connectivity index (χ3v) is 10.5. The summed E-state index contributed by atoms with van der Waals surface area (Å²) in [6.07, 6.45) is 17.2. The molecule has 0 aromatic heterocycles. The number of carbonyl (C=O) groups is 2. The Bertz CT molecular complexity index is 877. The van der Waals surface area contributed by atoms with Gasteiger partial charge < -0.3 is 9.47 Å². The normalized spacial score (nSPS) is 21.2. The number of piperidine rings is 2. The Balaban J connectivity index is 1.73. The van der Waals surface area contributed by atoms with Crippen molar-refractivity contribution in [3.8, 4) is 0 Å². The first-order valence-electron chi connectivity index (χ1n) is 20.5. The van der Waals surface area contributed by atoms with Crippen LogP contribution in [0.25, 0.3) is 0 Å². The van der Waals surface area contributed by atoms with Crippen LogP contribution in [0.3, 0.4) is 0 Å². The van der Waals surface area contributed by atoms with E-state index in [1.807, 2.05) is 0 Å². The topological polar surface area (TPSA) is 77.5 Å². The van der Waals surface area contributed by atoms with E-state index in [-0.39, 0.29) is 59.1 Å². The summed E-state index contributed by atoms with van der Waals surface area (Å²) in [6, 6.07) is 0. The van der Waals surface area contributed by atoms with Gasteiger partial charge in [-0.2, -0.15) is 10.1 Å². The summed E-state index contributed by atoms with van der Waals surface area (Å²) in [5.74, 6) is 0.897. The highest BCUT2D eigenvalue weighted by Crippen LogP contribution is 2.41. The zero-order valence-electron chi connectivity index (χ0n) is 34.8. The van der Waals surface area contributed by atoms with Gasteiger partial charge in [0.2, 0.25) is 0 Å². The Labute approximate surface area is 308 Å². The van der Waals surface area contributed by atoms with Gasteiger partial charge >= 0.3 is 11.9 Å².